The smallest absolute Gasteiger partial charge is 0.342 e. The van der Waals surface area contributed by atoms with Gasteiger partial charge in [-0.1, -0.05) is 6.07 Å². The highest BCUT2D eigenvalue weighted by Crippen LogP contribution is 2.43. The van der Waals surface area contributed by atoms with E-state index in [0.29, 0.717) is 17.2 Å². The molecule has 0 amide bonds. The van der Waals surface area contributed by atoms with Crippen molar-refractivity contribution in [3.63, 3.8) is 0 Å². The van der Waals surface area contributed by atoms with Gasteiger partial charge in [0.1, 0.15) is 11.3 Å². The van der Waals surface area contributed by atoms with Crippen LogP contribution in [-0.4, -0.2) is 23.3 Å². The van der Waals surface area contributed by atoms with Gasteiger partial charge in [-0.05, 0) is 24.3 Å². The largest absolute Gasteiger partial charge is 0.465 e. The molecule has 0 saturated heterocycles. The average molecular weight is 248 g/mol. The van der Waals surface area contributed by atoms with Crippen LogP contribution >= 0.6 is 11.3 Å². The Bertz CT molecular complexity index is 541. The maximum atomic E-state index is 11.9. The molecule has 1 aliphatic rings. The fraction of sp³-hybridized carbons (Fsp3) is 0.333. The Morgan fingerprint density at radius 2 is 2.41 bits per heavy atom. The molecule has 2 aromatic heterocycles. The summed E-state index contributed by atoms with van der Waals surface area (Å²) < 4.78 is 4.86. The van der Waals surface area contributed by atoms with Crippen LogP contribution < -0.4 is 0 Å². The first-order chi connectivity index (χ1) is 8.31. The van der Waals surface area contributed by atoms with Crippen LogP contribution in [0.3, 0.4) is 0 Å². The van der Waals surface area contributed by atoms with Crippen LogP contribution in [0.1, 0.15) is 34.8 Å². The second kappa shape index (κ2) is 4.00. The summed E-state index contributed by atoms with van der Waals surface area (Å²) in [5, 5.41) is 9.24. The van der Waals surface area contributed by atoms with Crippen LogP contribution in [-0.2, 0) is 4.74 Å². The lowest BCUT2D eigenvalue weighted by molar-refractivity contribution is 0.0600. The summed E-state index contributed by atoms with van der Waals surface area (Å²) in [7, 11) is 1.41. The number of aromatic nitrogens is 2. The molecule has 0 radical (unpaired) electrons. The topological polar surface area (TPSA) is 55.0 Å². The van der Waals surface area contributed by atoms with Crippen molar-refractivity contribution in [3.05, 3.63) is 28.8 Å². The summed E-state index contributed by atoms with van der Waals surface area (Å²) >= 11 is 1.57. The molecule has 0 spiro atoms. The summed E-state index contributed by atoms with van der Waals surface area (Å²) in [5.74, 6) is 0.148. The third-order valence-corrected chi connectivity index (χ3v) is 3.80. The Hall–Kier alpha value is -1.62. The molecule has 0 atom stereocenters. The molecule has 0 unspecified atom stereocenters. The Kier molecular flexibility index (Phi) is 2.48. The lowest BCUT2D eigenvalue weighted by atomic mass is 10.1. The number of nitrogens with one attached hydrogen (secondary N) is 1. The van der Waals surface area contributed by atoms with E-state index in [1.807, 2.05) is 17.5 Å². The van der Waals surface area contributed by atoms with Crippen LogP contribution in [0.4, 0.5) is 0 Å². The number of hydrogen-bond acceptors (Lipinski definition) is 4. The zero-order valence-electron chi connectivity index (χ0n) is 9.40. The van der Waals surface area contributed by atoms with Crippen molar-refractivity contribution in [1.82, 2.24) is 10.2 Å². The normalized spacial score (nSPS) is 14.9. The second-order valence-electron chi connectivity index (χ2n) is 4.10. The molecule has 4 nitrogen and oxygen atoms in total. The number of aromatic amines is 1. The molecule has 88 valence electrons. The molecule has 17 heavy (non-hydrogen) atoms. The quantitative estimate of drug-likeness (QED) is 0.850. The predicted octanol–water partition coefficient (Wildman–Crippen LogP) is 2.80. The molecular formula is C12H12N2O2S. The number of methoxy groups -OCH3 is 1. The Morgan fingerprint density at radius 1 is 1.59 bits per heavy atom. The maximum Gasteiger partial charge on any atom is 0.342 e. The molecular weight excluding hydrogens is 236 g/mol. The maximum absolute atomic E-state index is 11.9. The molecule has 1 aliphatic carbocycles. The van der Waals surface area contributed by atoms with Gasteiger partial charge in [0.15, 0.2) is 0 Å². The van der Waals surface area contributed by atoms with Crippen LogP contribution in [0, 0.1) is 0 Å². The second-order valence-corrected chi connectivity index (χ2v) is 5.05. The van der Waals surface area contributed by atoms with Gasteiger partial charge in [0.05, 0.1) is 17.7 Å². The third-order valence-electron chi connectivity index (χ3n) is 2.92. The van der Waals surface area contributed by atoms with E-state index in [1.54, 1.807) is 11.3 Å². The lowest BCUT2D eigenvalue weighted by Gasteiger charge is -2.01. The Labute approximate surface area is 103 Å². The number of rotatable bonds is 3. The Morgan fingerprint density at radius 3 is 3.00 bits per heavy atom. The Balaban J connectivity index is 2.12. The summed E-state index contributed by atoms with van der Waals surface area (Å²) in [6.45, 7) is 0. The molecule has 0 aromatic carbocycles. The molecule has 1 N–H and O–H groups in total. The van der Waals surface area contributed by atoms with Crippen molar-refractivity contribution < 1.29 is 9.53 Å². The molecule has 5 heteroatoms. The van der Waals surface area contributed by atoms with Crippen LogP contribution in [0.2, 0.25) is 0 Å². The van der Waals surface area contributed by atoms with Crippen molar-refractivity contribution in [1.29, 1.82) is 0 Å². The van der Waals surface area contributed by atoms with Crippen molar-refractivity contribution >= 4 is 17.3 Å². The summed E-state index contributed by atoms with van der Waals surface area (Å²) in [6, 6.07) is 3.91. The molecule has 1 fully saturated rings. The highest BCUT2D eigenvalue weighted by atomic mass is 32.1. The van der Waals surface area contributed by atoms with Crippen molar-refractivity contribution in [3.8, 4) is 10.6 Å². The van der Waals surface area contributed by atoms with Gasteiger partial charge in [-0.15, -0.1) is 11.3 Å². The SMILES string of the molecule is COC(=O)c1c(-c2cccs2)n[nH]c1C1CC1. The summed E-state index contributed by atoms with van der Waals surface area (Å²) in [6.07, 6.45) is 2.24. The monoisotopic (exact) mass is 248 g/mol. The molecule has 2 heterocycles. The van der Waals surface area contributed by atoms with Gasteiger partial charge in [0.2, 0.25) is 0 Å². The first-order valence-electron chi connectivity index (χ1n) is 5.51. The van der Waals surface area contributed by atoms with E-state index in [1.165, 1.54) is 7.11 Å². The molecule has 3 rings (SSSR count). The van der Waals surface area contributed by atoms with Gasteiger partial charge in [-0.2, -0.15) is 5.10 Å². The van der Waals surface area contributed by atoms with E-state index in [4.69, 9.17) is 4.74 Å². The van der Waals surface area contributed by atoms with E-state index in [-0.39, 0.29) is 5.97 Å². The number of carbonyl (C=O) groups excluding carboxylic acids is 1. The first kappa shape index (κ1) is 10.5. The van der Waals surface area contributed by atoms with E-state index < -0.39 is 0 Å². The number of esters is 1. The summed E-state index contributed by atoms with van der Waals surface area (Å²) in [4.78, 5) is 12.9. The van der Waals surface area contributed by atoms with Gasteiger partial charge < -0.3 is 4.74 Å². The van der Waals surface area contributed by atoms with E-state index in [0.717, 1.165) is 23.4 Å². The first-order valence-corrected chi connectivity index (χ1v) is 6.39. The zero-order chi connectivity index (χ0) is 11.8. The van der Waals surface area contributed by atoms with E-state index in [9.17, 15) is 4.79 Å². The number of thiophene rings is 1. The molecule has 0 bridgehead atoms. The van der Waals surface area contributed by atoms with Gasteiger partial charge in [-0.3, -0.25) is 5.10 Å². The number of carbonyl (C=O) groups is 1. The van der Waals surface area contributed by atoms with Crippen LogP contribution in [0.15, 0.2) is 17.5 Å². The molecule has 1 saturated carbocycles. The standard InChI is InChI=1S/C12H12N2O2S/c1-16-12(15)9-10(7-4-5-7)13-14-11(9)8-3-2-6-17-8/h2-3,6-7H,4-5H2,1H3,(H,13,14). The fourth-order valence-corrected chi connectivity index (χ4v) is 2.64. The predicted molar refractivity (Wildman–Crippen MR) is 65.2 cm³/mol. The van der Waals surface area contributed by atoms with Crippen LogP contribution in [0.5, 0.6) is 0 Å². The van der Waals surface area contributed by atoms with Crippen molar-refractivity contribution in [2.75, 3.05) is 7.11 Å². The van der Waals surface area contributed by atoms with Crippen molar-refractivity contribution in [2.45, 2.75) is 18.8 Å². The minimum atomic E-state index is -0.302. The number of ether oxygens (including phenoxy) is 1. The number of H-pyrrole nitrogens is 1. The highest BCUT2D eigenvalue weighted by molar-refractivity contribution is 7.13. The highest BCUT2D eigenvalue weighted by Gasteiger charge is 2.33. The average Bonchev–Trinajstić information content (AvgIpc) is 2.90. The number of nitrogens with zero attached hydrogens (tertiary/aromatic N) is 1. The lowest BCUT2D eigenvalue weighted by Crippen LogP contribution is -2.04. The van der Waals surface area contributed by atoms with Gasteiger partial charge in [0.25, 0.3) is 0 Å². The zero-order valence-corrected chi connectivity index (χ0v) is 10.2. The number of hydrogen-bond donors (Lipinski definition) is 1. The van der Waals surface area contributed by atoms with Crippen molar-refractivity contribution in [2.24, 2.45) is 0 Å². The third kappa shape index (κ3) is 1.76. The minimum Gasteiger partial charge on any atom is -0.465 e. The minimum absolute atomic E-state index is 0.302. The van der Waals surface area contributed by atoms with E-state index >= 15 is 0 Å². The fourth-order valence-electron chi connectivity index (χ4n) is 1.92. The van der Waals surface area contributed by atoms with E-state index in [2.05, 4.69) is 10.2 Å². The summed E-state index contributed by atoms with van der Waals surface area (Å²) in [5.41, 5.74) is 2.26. The van der Waals surface area contributed by atoms with Gasteiger partial charge in [-0.25, -0.2) is 4.79 Å². The van der Waals surface area contributed by atoms with Gasteiger partial charge in [0, 0.05) is 5.92 Å². The molecule has 2 aromatic rings. The van der Waals surface area contributed by atoms with Gasteiger partial charge >= 0.3 is 5.97 Å². The molecule has 0 aliphatic heterocycles. The van der Waals surface area contributed by atoms with Crippen LogP contribution in [0.25, 0.3) is 10.6 Å².